The summed E-state index contributed by atoms with van der Waals surface area (Å²) >= 11 is 14.9. The molecule has 1 atom stereocenters. The quantitative estimate of drug-likeness (QED) is 0.427. The van der Waals surface area contributed by atoms with Gasteiger partial charge in [-0.2, -0.15) is 0 Å². The van der Waals surface area contributed by atoms with E-state index in [0.717, 1.165) is 4.47 Å². The number of nitrogens with one attached hydrogen (secondary N) is 2. The first-order valence-corrected chi connectivity index (χ1v) is 11.8. The molecule has 1 heterocycles. The maximum atomic E-state index is 13.4. The second-order valence-electron chi connectivity index (χ2n) is 7.39. The number of hydrogen-bond donors (Lipinski definition) is 2. The van der Waals surface area contributed by atoms with Gasteiger partial charge in [-0.3, -0.25) is 24.7 Å². The van der Waals surface area contributed by atoms with Crippen LogP contribution >= 0.6 is 39.7 Å². The highest BCUT2D eigenvalue weighted by Gasteiger charge is 2.45. The van der Waals surface area contributed by atoms with Crippen LogP contribution in [0.2, 0.25) is 5.02 Å². The van der Waals surface area contributed by atoms with Crippen LogP contribution in [0.1, 0.15) is 16.8 Å². The number of nitrogens with zero attached hydrogens (tertiary/aromatic N) is 2. The molecule has 0 aromatic heterocycles. The normalized spacial score (nSPS) is 15.4. The first kappa shape index (κ1) is 23.9. The number of para-hydroxylation sites is 1. The number of hydrazine groups is 1. The van der Waals surface area contributed by atoms with E-state index in [-0.39, 0.29) is 11.5 Å². The third-order valence-electron chi connectivity index (χ3n) is 5.04. The van der Waals surface area contributed by atoms with E-state index in [9.17, 15) is 14.4 Å². The smallest absolute Gasteiger partial charge is 0.269 e. The average Bonchev–Trinajstić information content (AvgIpc) is 3.04. The fourth-order valence-corrected chi connectivity index (χ4v) is 4.27. The summed E-state index contributed by atoms with van der Waals surface area (Å²) in [4.78, 5) is 40.4. The van der Waals surface area contributed by atoms with Crippen molar-refractivity contribution in [2.24, 2.45) is 0 Å². The van der Waals surface area contributed by atoms with Crippen LogP contribution in [0.4, 0.5) is 11.4 Å². The van der Waals surface area contributed by atoms with Crippen molar-refractivity contribution < 1.29 is 14.4 Å². The summed E-state index contributed by atoms with van der Waals surface area (Å²) in [5, 5.41) is 4.54. The van der Waals surface area contributed by atoms with E-state index in [1.165, 1.54) is 9.91 Å². The van der Waals surface area contributed by atoms with Crippen molar-refractivity contribution in [2.45, 2.75) is 12.5 Å². The van der Waals surface area contributed by atoms with Gasteiger partial charge >= 0.3 is 0 Å². The molecule has 3 aromatic carbocycles. The van der Waals surface area contributed by atoms with Crippen molar-refractivity contribution in [3.8, 4) is 0 Å². The summed E-state index contributed by atoms with van der Waals surface area (Å²) in [6, 6.07) is 21.2. The molecule has 4 rings (SSSR count). The predicted octanol–water partition coefficient (Wildman–Crippen LogP) is 4.78. The first-order chi connectivity index (χ1) is 16.3. The Balaban J connectivity index is 1.59. The van der Waals surface area contributed by atoms with E-state index in [1.807, 2.05) is 6.07 Å². The number of benzene rings is 3. The zero-order chi connectivity index (χ0) is 24.2. The molecule has 1 saturated heterocycles. The Morgan fingerprint density at radius 2 is 1.71 bits per heavy atom. The molecule has 3 aromatic rings. The van der Waals surface area contributed by atoms with Gasteiger partial charge in [0.1, 0.15) is 6.04 Å². The number of anilines is 2. The summed E-state index contributed by atoms with van der Waals surface area (Å²) in [5.74, 6) is -1.31. The lowest BCUT2D eigenvalue weighted by Gasteiger charge is -2.24. The Morgan fingerprint density at radius 3 is 2.38 bits per heavy atom. The largest absolute Gasteiger partial charge is 0.326 e. The number of rotatable bonds is 6. The van der Waals surface area contributed by atoms with E-state index in [0.29, 0.717) is 22.0 Å². The molecule has 2 N–H and O–H groups in total. The summed E-state index contributed by atoms with van der Waals surface area (Å²) in [6.07, 6.45) is -0.241. The van der Waals surface area contributed by atoms with Crippen LogP contribution in [0.3, 0.4) is 0 Å². The van der Waals surface area contributed by atoms with Crippen molar-refractivity contribution in [1.82, 2.24) is 10.4 Å². The van der Waals surface area contributed by atoms with Gasteiger partial charge in [0.05, 0.1) is 12.1 Å². The number of carbonyl (C=O) groups excluding carboxylic acids is 3. The van der Waals surface area contributed by atoms with E-state index in [4.69, 9.17) is 23.8 Å². The van der Waals surface area contributed by atoms with Gasteiger partial charge in [-0.05, 0) is 66.8 Å². The van der Waals surface area contributed by atoms with Crippen molar-refractivity contribution in [2.75, 3.05) is 10.2 Å². The van der Waals surface area contributed by atoms with Crippen LogP contribution in [0, 0.1) is 0 Å². The van der Waals surface area contributed by atoms with Crippen LogP contribution in [-0.2, 0) is 9.59 Å². The van der Waals surface area contributed by atoms with Crippen LogP contribution < -0.4 is 15.6 Å². The first-order valence-electron chi connectivity index (χ1n) is 10.2. The summed E-state index contributed by atoms with van der Waals surface area (Å²) in [6.45, 7) is 0. The molecule has 1 fully saturated rings. The topological polar surface area (TPSA) is 81.8 Å². The molecule has 34 heavy (non-hydrogen) atoms. The molecular formula is C24H18BrClN4O3S. The summed E-state index contributed by atoms with van der Waals surface area (Å²) in [7, 11) is 0. The van der Waals surface area contributed by atoms with Crippen molar-refractivity contribution in [3.05, 3.63) is 93.9 Å². The minimum Gasteiger partial charge on any atom is -0.326 e. The monoisotopic (exact) mass is 556 g/mol. The van der Waals surface area contributed by atoms with Crippen LogP contribution in [-0.4, -0.2) is 33.9 Å². The molecule has 1 aliphatic heterocycles. The zero-order valence-electron chi connectivity index (χ0n) is 17.6. The zero-order valence-corrected chi connectivity index (χ0v) is 20.7. The molecule has 0 radical (unpaired) electrons. The lowest BCUT2D eigenvalue weighted by molar-refractivity contribution is -0.124. The van der Waals surface area contributed by atoms with E-state index in [2.05, 4.69) is 26.7 Å². The second-order valence-corrected chi connectivity index (χ2v) is 9.11. The number of thiocarbonyl (C=S) groups is 1. The van der Waals surface area contributed by atoms with Crippen molar-refractivity contribution >= 4 is 74.0 Å². The Hall–Kier alpha value is -3.27. The maximum absolute atomic E-state index is 13.4. The van der Waals surface area contributed by atoms with Gasteiger partial charge in [0.25, 0.3) is 11.8 Å². The SMILES string of the molecule is O=C(CC1C(=O)N(c2ccccc2)C(=S)N1NC(=O)c1ccc(Br)cc1)Nc1cccc(Cl)c1. The van der Waals surface area contributed by atoms with Gasteiger partial charge in [-0.15, -0.1) is 0 Å². The molecule has 1 unspecified atom stereocenters. The molecule has 0 aliphatic carbocycles. The van der Waals surface area contributed by atoms with E-state index < -0.39 is 23.8 Å². The Bertz CT molecular complexity index is 1260. The summed E-state index contributed by atoms with van der Waals surface area (Å²) in [5.41, 5.74) is 4.11. The van der Waals surface area contributed by atoms with Crippen LogP contribution in [0.25, 0.3) is 0 Å². The Labute approximate surface area is 214 Å². The molecule has 3 amide bonds. The maximum Gasteiger partial charge on any atom is 0.269 e. The third kappa shape index (κ3) is 5.27. The van der Waals surface area contributed by atoms with Gasteiger partial charge in [-0.25, -0.2) is 5.01 Å². The fraction of sp³-hybridized carbons (Fsp3) is 0.0833. The molecule has 1 aliphatic rings. The standard InChI is InChI=1S/C24H18BrClN4O3S/c25-16-11-9-15(10-12-16)22(32)28-30-20(14-21(31)27-18-6-4-5-17(26)13-18)23(33)29(24(30)34)19-7-2-1-3-8-19/h1-13,20H,14H2,(H,27,31)(H,28,32). The number of carbonyl (C=O) groups is 3. The number of halogens is 2. The van der Waals surface area contributed by atoms with Gasteiger partial charge in [0.2, 0.25) is 11.0 Å². The fourth-order valence-electron chi connectivity index (χ4n) is 3.44. The molecule has 172 valence electrons. The second kappa shape index (κ2) is 10.3. The highest BCUT2D eigenvalue weighted by molar-refractivity contribution is 9.10. The van der Waals surface area contributed by atoms with Gasteiger partial charge in [-0.1, -0.05) is 51.8 Å². The van der Waals surface area contributed by atoms with Gasteiger partial charge in [0, 0.05) is 20.7 Å². The van der Waals surface area contributed by atoms with Crippen LogP contribution in [0.5, 0.6) is 0 Å². The molecular weight excluding hydrogens is 540 g/mol. The minimum absolute atomic E-state index is 0.0715. The van der Waals surface area contributed by atoms with Gasteiger partial charge in [0.15, 0.2) is 0 Å². The third-order valence-corrected chi connectivity index (χ3v) is 6.19. The summed E-state index contributed by atoms with van der Waals surface area (Å²) < 4.78 is 0.821. The van der Waals surface area contributed by atoms with Crippen molar-refractivity contribution in [1.29, 1.82) is 0 Å². The molecule has 10 heteroatoms. The Kier molecular flexibility index (Phi) is 7.26. The highest BCUT2D eigenvalue weighted by Crippen LogP contribution is 2.26. The highest BCUT2D eigenvalue weighted by atomic mass is 79.9. The number of amides is 3. The molecule has 0 spiro atoms. The van der Waals surface area contributed by atoms with E-state index in [1.54, 1.807) is 72.8 Å². The minimum atomic E-state index is -1.04. The van der Waals surface area contributed by atoms with Gasteiger partial charge < -0.3 is 5.32 Å². The molecule has 7 nitrogen and oxygen atoms in total. The number of hydrogen-bond acceptors (Lipinski definition) is 4. The average molecular weight is 558 g/mol. The predicted molar refractivity (Wildman–Crippen MR) is 138 cm³/mol. The molecule has 0 saturated carbocycles. The Morgan fingerprint density at radius 1 is 1.00 bits per heavy atom. The van der Waals surface area contributed by atoms with Crippen LogP contribution in [0.15, 0.2) is 83.3 Å². The van der Waals surface area contributed by atoms with E-state index >= 15 is 0 Å². The lowest BCUT2D eigenvalue weighted by atomic mass is 10.1. The lowest BCUT2D eigenvalue weighted by Crippen LogP contribution is -2.49. The van der Waals surface area contributed by atoms with Crippen molar-refractivity contribution in [3.63, 3.8) is 0 Å². The molecule has 0 bridgehead atoms.